The zero-order valence-electron chi connectivity index (χ0n) is 21.8. The molecule has 1 spiro atoms. The van der Waals surface area contributed by atoms with E-state index < -0.39 is 5.82 Å². The summed E-state index contributed by atoms with van der Waals surface area (Å²) in [7, 11) is 0. The molecule has 2 heterocycles. The van der Waals surface area contributed by atoms with Gasteiger partial charge in [-0.3, -0.25) is 9.69 Å². The Morgan fingerprint density at radius 2 is 1.84 bits per heavy atom. The van der Waals surface area contributed by atoms with Crippen molar-refractivity contribution in [1.82, 2.24) is 9.80 Å². The number of anilines is 1. The molecule has 0 aliphatic carbocycles. The lowest BCUT2D eigenvalue weighted by Crippen LogP contribution is -2.58. The third-order valence-electron chi connectivity index (χ3n) is 8.06. The second kappa shape index (κ2) is 10.9. The maximum atomic E-state index is 13.6. The van der Waals surface area contributed by atoms with E-state index in [9.17, 15) is 9.18 Å². The van der Waals surface area contributed by atoms with Crippen LogP contribution in [0.2, 0.25) is 5.02 Å². The molecule has 1 amide bonds. The quantitative estimate of drug-likeness (QED) is 0.365. The summed E-state index contributed by atoms with van der Waals surface area (Å²) >= 11 is 5.92. The maximum Gasteiger partial charge on any atom is 0.238 e. The van der Waals surface area contributed by atoms with Crippen LogP contribution in [-0.2, 0) is 16.8 Å². The van der Waals surface area contributed by atoms with Crippen LogP contribution in [0.5, 0.6) is 0 Å². The Morgan fingerprint density at radius 3 is 2.55 bits per heavy atom. The standard InChI is InChI=1S/C31H32ClFN4O/c1-21(2)36-15-12-31(13-16-36)27-9-7-23(22-5-4-6-25(18-22)34-3)17-24(27)11-14-37(31)20-30(38)35-26-8-10-29(33)28(32)19-26/h4-10,17-19,21H,11-16,20H2,1-2H3,(H,35,38). The monoisotopic (exact) mass is 530 g/mol. The fourth-order valence-corrected chi connectivity index (χ4v) is 6.18. The van der Waals surface area contributed by atoms with Crippen molar-refractivity contribution in [3.8, 4) is 11.1 Å². The van der Waals surface area contributed by atoms with E-state index in [4.69, 9.17) is 18.2 Å². The van der Waals surface area contributed by atoms with E-state index in [0.717, 1.165) is 50.0 Å². The molecule has 0 bridgehead atoms. The van der Waals surface area contributed by atoms with E-state index in [1.165, 1.54) is 29.3 Å². The van der Waals surface area contributed by atoms with Crippen molar-refractivity contribution in [2.24, 2.45) is 0 Å². The van der Waals surface area contributed by atoms with Gasteiger partial charge in [-0.1, -0.05) is 48.0 Å². The van der Waals surface area contributed by atoms with Gasteiger partial charge in [-0.15, -0.1) is 0 Å². The highest BCUT2D eigenvalue weighted by Crippen LogP contribution is 2.45. The number of nitrogens with zero attached hydrogens (tertiary/aromatic N) is 3. The van der Waals surface area contributed by atoms with Gasteiger partial charge < -0.3 is 10.2 Å². The molecular formula is C31H32ClFN4O. The third-order valence-corrected chi connectivity index (χ3v) is 8.35. The molecule has 0 aromatic heterocycles. The van der Waals surface area contributed by atoms with Crippen LogP contribution in [0.4, 0.5) is 15.8 Å². The second-order valence-electron chi connectivity index (χ2n) is 10.5. The van der Waals surface area contributed by atoms with Crippen LogP contribution >= 0.6 is 11.6 Å². The van der Waals surface area contributed by atoms with Gasteiger partial charge in [-0.25, -0.2) is 9.24 Å². The van der Waals surface area contributed by atoms with Gasteiger partial charge in [0.05, 0.1) is 18.1 Å². The number of carbonyl (C=O) groups excluding carboxylic acids is 1. The van der Waals surface area contributed by atoms with Gasteiger partial charge in [0.1, 0.15) is 5.82 Å². The summed E-state index contributed by atoms with van der Waals surface area (Å²) in [4.78, 5) is 21.6. The molecule has 7 heteroatoms. The number of nitrogens with one attached hydrogen (secondary N) is 1. The summed E-state index contributed by atoms with van der Waals surface area (Å²) in [6.07, 6.45) is 2.73. The van der Waals surface area contributed by atoms with Gasteiger partial charge in [0, 0.05) is 36.9 Å². The number of hydrogen-bond donors (Lipinski definition) is 1. The Balaban J connectivity index is 1.44. The fraction of sp³-hybridized carbons (Fsp3) is 0.355. The predicted octanol–water partition coefficient (Wildman–Crippen LogP) is 6.89. The van der Waals surface area contributed by atoms with E-state index in [-0.39, 0.29) is 23.0 Å². The highest BCUT2D eigenvalue weighted by molar-refractivity contribution is 6.31. The molecular weight excluding hydrogens is 499 g/mol. The Hall–Kier alpha value is -3.24. The lowest BCUT2D eigenvalue weighted by atomic mass is 9.73. The van der Waals surface area contributed by atoms with E-state index in [1.807, 2.05) is 18.2 Å². The number of likely N-dealkylation sites (tertiary alicyclic amines) is 1. The summed E-state index contributed by atoms with van der Waals surface area (Å²) in [5, 5.41) is 2.90. The van der Waals surface area contributed by atoms with Gasteiger partial charge in [-0.2, -0.15) is 0 Å². The molecule has 1 saturated heterocycles. The third kappa shape index (κ3) is 5.19. The molecule has 1 fully saturated rings. The summed E-state index contributed by atoms with van der Waals surface area (Å²) < 4.78 is 13.6. The molecule has 196 valence electrons. The summed E-state index contributed by atoms with van der Waals surface area (Å²) in [6.45, 7) is 14.8. The lowest BCUT2D eigenvalue weighted by molar-refractivity contribution is -0.120. The minimum Gasteiger partial charge on any atom is -0.325 e. The first kappa shape index (κ1) is 26.4. The average molecular weight is 531 g/mol. The molecule has 38 heavy (non-hydrogen) atoms. The highest BCUT2D eigenvalue weighted by Gasteiger charge is 2.45. The highest BCUT2D eigenvalue weighted by atomic mass is 35.5. The van der Waals surface area contributed by atoms with E-state index >= 15 is 0 Å². The molecule has 5 rings (SSSR count). The number of rotatable bonds is 5. The minimum atomic E-state index is -0.506. The second-order valence-corrected chi connectivity index (χ2v) is 11.0. The zero-order chi connectivity index (χ0) is 26.9. The van der Waals surface area contributed by atoms with Crippen molar-refractivity contribution in [3.63, 3.8) is 0 Å². The number of carbonyl (C=O) groups is 1. The number of amides is 1. The first-order chi connectivity index (χ1) is 18.3. The molecule has 3 aromatic rings. The van der Waals surface area contributed by atoms with Crippen LogP contribution in [0, 0.1) is 12.4 Å². The number of benzene rings is 3. The normalized spacial score (nSPS) is 17.3. The van der Waals surface area contributed by atoms with Crippen molar-refractivity contribution in [2.45, 2.75) is 44.7 Å². The topological polar surface area (TPSA) is 39.9 Å². The van der Waals surface area contributed by atoms with Gasteiger partial charge in [0.25, 0.3) is 0 Å². The molecule has 2 aliphatic heterocycles. The van der Waals surface area contributed by atoms with Crippen molar-refractivity contribution in [1.29, 1.82) is 0 Å². The predicted molar refractivity (Wildman–Crippen MR) is 151 cm³/mol. The maximum absolute atomic E-state index is 13.6. The van der Waals surface area contributed by atoms with Gasteiger partial charge in [-0.05, 0) is 79.6 Å². The Kier molecular flexibility index (Phi) is 7.54. The molecule has 0 saturated carbocycles. The van der Waals surface area contributed by atoms with Crippen LogP contribution in [0.15, 0.2) is 60.7 Å². The Morgan fingerprint density at radius 1 is 1.08 bits per heavy atom. The van der Waals surface area contributed by atoms with E-state index in [1.54, 1.807) is 0 Å². The van der Waals surface area contributed by atoms with Crippen LogP contribution in [-0.4, -0.2) is 47.9 Å². The van der Waals surface area contributed by atoms with Crippen LogP contribution in [0.1, 0.15) is 37.8 Å². The Labute approximate surface area is 229 Å². The van der Waals surface area contributed by atoms with Crippen molar-refractivity contribution in [2.75, 3.05) is 31.5 Å². The number of fused-ring (bicyclic) bond motifs is 2. The summed E-state index contributed by atoms with van der Waals surface area (Å²) in [5.41, 5.74) is 5.68. The zero-order valence-corrected chi connectivity index (χ0v) is 22.6. The van der Waals surface area contributed by atoms with Crippen LogP contribution in [0.25, 0.3) is 16.0 Å². The van der Waals surface area contributed by atoms with Crippen LogP contribution in [0.3, 0.4) is 0 Å². The molecule has 0 atom stereocenters. The molecule has 1 N–H and O–H groups in total. The molecule has 2 aliphatic rings. The Bertz CT molecular complexity index is 1390. The molecule has 3 aromatic carbocycles. The van der Waals surface area contributed by atoms with Gasteiger partial charge in [0.2, 0.25) is 5.91 Å². The van der Waals surface area contributed by atoms with Gasteiger partial charge in [0.15, 0.2) is 5.69 Å². The lowest BCUT2D eigenvalue weighted by Gasteiger charge is -2.53. The van der Waals surface area contributed by atoms with E-state index in [0.29, 0.717) is 17.4 Å². The number of piperidine rings is 1. The average Bonchev–Trinajstić information content (AvgIpc) is 2.92. The summed E-state index contributed by atoms with van der Waals surface area (Å²) in [5.74, 6) is -0.636. The first-order valence-electron chi connectivity index (χ1n) is 13.1. The molecule has 0 unspecified atom stereocenters. The fourth-order valence-electron chi connectivity index (χ4n) is 6.00. The first-order valence-corrected chi connectivity index (χ1v) is 13.5. The summed E-state index contributed by atoms with van der Waals surface area (Å²) in [6, 6.07) is 19.1. The molecule has 5 nitrogen and oxygen atoms in total. The SMILES string of the molecule is [C-]#[N+]c1cccc(-c2ccc3c(c2)CCN(CC(=O)Nc2ccc(F)c(Cl)c2)C32CCN(C(C)C)CC2)c1. The van der Waals surface area contributed by atoms with E-state index in [2.05, 4.69) is 58.1 Å². The molecule has 0 radical (unpaired) electrons. The smallest absolute Gasteiger partial charge is 0.238 e. The number of hydrogen-bond acceptors (Lipinski definition) is 3. The minimum absolute atomic E-state index is 0.00929. The number of halogens is 2. The van der Waals surface area contributed by atoms with Crippen LogP contribution < -0.4 is 5.32 Å². The largest absolute Gasteiger partial charge is 0.325 e. The van der Waals surface area contributed by atoms with Gasteiger partial charge >= 0.3 is 0 Å². The van der Waals surface area contributed by atoms with Crippen molar-refractivity contribution < 1.29 is 9.18 Å². The van der Waals surface area contributed by atoms with Crippen molar-refractivity contribution >= 4 is 28.9 Å². The van der Waals surface area contributed by atoms with Crippen molar-refractivity contribution in [3.05, 3.63) is 94.0 Å².